The summed E-state index contributed by atoms with van der Waals surface area (Å²) in [6.07, 6.45) is -1.98. The smallest absolute Gasteiger partial charge is 0.110 e. The van der Waals surface area contributed by atoms with E-state index >= 15 is 0 Å². The fourth-order valence-electron chi connectivity index (χ4n) is 0.359. The Hall–Kier alpha value is 0.01000. The Morgan fingerprint density at radius 3 is 1.36 bits per heavy atom. The summed E-state index contributed by atoms with van der Waals surface area (Å²) in [6.45, 7) is -1.17. The van der Waals surface area contributed by atoms with E-state index in [1.807, 2.05) is 0 Å². The van der Waals surface area contributed by atoms with Gasteiger partial charge in [0.2, 0.25) is 0 Å². The monoisotopic (exact) mass is 235 g/mol. The van der Waals surface area contributed by atoms with E-state index in [4.69, 9.17) is 20.4 Å². The molecule has 0 aliphatic rings. The zero-order valence-electron chi connectivity index (χ0n) is 7.70. The van der Waals surface area contributed by atoms with Crippen LogP contribution in [0.5, 0.6) is 0 Å². The van der Waals surface area contributed by atoms with E-state index in [0.29, 0.717) is 0 Å². The van der Waals surface area contributed by atoms with Gasteiger partial charge in [-0.1, -0.05) is 0 Å². The van der Waals surface area contributed by atoms with Crippen LogP contribution in [0.25, 0.3) is 0 Å². The molecule has 8 heteroatoms. The Balaban J connectivity index is -0.000000605. The van der Waals surface area contributed by atoms with Crippen LogP contribution in [0, 0.1) is 0 Å². The van der Waals surface area contributed by atoms with Gasteiger partial charge in [-0.3, -0.25) is 0 Å². The average molecular weight is 236 g/mol. The second kappa shape index (κ2) is 13.0. The Morgan fingerprint density at radius 1 is 0.857 bits per heavy atom. The van der Waals surface area contributed by atoms with Gasteiger partial charge in [-0.05, 0) is 0 Å². The van der Waals surface area contributed by atoms with Crippen LogP contribution in [0.3, 0.4) is 0 Å². The van der Waals surface area contributed by atoms with Gasteiger partial charge in [0.05, 0.1) is 13.2 Å². The summed E-state index contributed by atoms with van der Waals surface area (Å²) < 4.78 is 0. The normalized spacial score (nSPS) is 13.7. The molecular weight excluding hydrogens is 218 g/mol. The van der Waals surface area contributed by atoms with Crippen molar-refractivity contribution in [3.63, 3.8) is 0 Å². The molecule has 0 saturated carbocycles. The van der Waals surface area contributed by atoms with Gasteiger partial charge in [-0.25, -0.2) is 9.78 Å². The summed E-state index contributed by atoms with van der Waals surface area (Å²) >= 11 is 0. The van der Waals surface area contributed by atoms with Gasteiger partial charge in [-0.15, -0.1) is 12.4 Å². The minimum Gasteiger partial charge on any atom is -0.394 e. The highest BCUT2D eigenvalue weighted by atomic mass is 35.5. The molecule has 90 valence electrons. The van der Waals surface area contributed by atoms with Gasteiger partial charge >= 0.3 is 0 Å². The maximum Gasteiger partial charge on any atom is 0.110 e. The first-order valence-corrected chi connectivity index (χ1v) is 3.53. The molecule has 7 N–H and O–H groups in total. The molecule has 0 spiro atoms. The van der Waals surface area contributed by atoms with E-state index in [1.165, 1.54) is 0 Å². The fourth-order valence-corrected chi connectivity index (χ4v) is 0.359. The van der Waals surface area contributed by atoms with E-state index in [9.17, 15) is 0 Å². The molecule has 0 aromatic rings. The highest BCUT2D eigenvalue weighted by molar-refractivity contribution is 5.85. The summed E-state index contributed by atoms with van der Waals surface area (Å²) in [4.78, 5) is 8.76. The minimum atomic E-state index is -0.990. The van der Waals surface area contributed by atoms with Crippen molar-refractivity contribution in [2.24, 2.45) is 0 Å². The Labute approximate surface area is 88.2 Å². The van der Waals surface area contributed by atoms with Crippen molar-refractivity contribution in [2.75, 3.05) is 26.4 Å². The fraction of sp³-hybridized carbons (Fsp3) is 1.00. The number of rotatable bonds is 7. The number of aliphatic hydroxyl groups is 4. The largest absolute Gasteiger partial charge is 0.394 e. The highest BCUT2D eigenvalue weighted by Crippen LogP contribution is 1.88. The Morgan fingerprint density at radius 2 is 1.14 bits per heavy atom. The molecule has 0 amide bonds. The molecule has 2 atom stereocenters. The summed E-state index contributed by atoms with van der Waals surface area (Å²) in [7, 11) is 0. The van der Waals surface area contributed by atoms with E-state index in [0.717, 1.165) is 0 Å². The lowest BCUT2D eigenvalue weighted by atomic mass is 10.4. The van der Waals surface area contributed by atoms with Gasteiger partial charge in [0.25, 0.3) is 0 Å². The molecule has 0 aromatic heterocycles. The summed E-state index contributed by atoms with van der Waals surface area (Å²) in [5.74, 6) is 0. The molecular formula is C6H18ClNO6. The Bertz CT molecular complexity index is 96.3. The van der Waals surface area contributed by atoms with Crippen LogP contribution in [0.15, 0.2) is 0 Å². The number of hydrogen-bond acceptors (Lipinski definition) is 7. The number of hydrogen-bond donors (Lipinski definition) is 5. The summed E-state index contributed by atoms with van der Waals surface area (Å²) in [6, 6.07) is 0. The van der Waals surface area contributed by atoms with Crippen molar-refractivity contribution in [2.45, 2.75) is 12.2 Å². The van der Waals surface area contributed by atoms with Crippen LogP contribution < -0.4 is 6.15 Å². The first-order chi connectivity index (χ1) is 5.70. The zero-order valence-corrected chi connectivity index (χ0v) is 8.52. The predicted octanol–water partition coefficient (Wildman–Crippen LogP) is -1.78. The van der Waals surface area contributed by atoms with Crippen molar-refractivity contribution in [3.05, 3.63) is 0 Å². The number of halogens is 1. The maximum atomic E-state index is 8.71. The van der Waals surface area contributed by atoms with Gasteiger partial charge in [0.15, 0.2) is 0 Å². The molecule has 0 aromatic carbocycles. The molecule has 0 bridgehead atoms. The lowest BCUT2D eigenvalue weighted by Gasteiger charge is -2.09. The first-order valence-electron chi connectivity index (χ1n) is 3.53. The first kappa shape index (κ1) is 19.6. The molecule has 0 saturated heterocycles. The molecule has 14 heavy (non-hydrogen) atoms. The molecule has 0 heterocycles. The van der Waals surface area contributed by atoms with Crippen LogP contribution in [0.1, 0.15) is 0 Å². The zero-order chi connectivity index (χ0) is 9.40. The van der Waals surface area contributed by atoms with Crippen LogP contribution in [0.4, 0.5) is 0 Å². The van der Waals surface area contributed by atoms with Crippen molar-refractivity contribution < 1.29 is 30.2 Å². The SMILES string of the molecule is Cl.N.OCC(O)COOCC(O)CO. The van der Waals surface area contributed by atoms with Crippen LogP contribution in [-0.2, 0) is 9.78 Å². The minimum absolute atomic E-state index is 0. The van der Waals surface area contributed by atoms with E-state index in [1.54, 1.807) is 0 Å². The second-order valence-corrected chi connectivity index (χ2v) is 2.24. The van der Waals surface area contributed by atoms with Gasteiger partial charge in [0.1, 0.15) is 25.4 Å². The summed E-state index contributed by atoms with van der Waals surface area (Å²) in [5, 5.41) is 34.1. The molecule has 0 aliphatic heterocycles. The molecule has 0 radical (unpaired) electrons. The standard InChI is InChI=1S/C6H14O6.ClH.H3N/c7-1-5(9)3-11-12-4-6(10)2-8;;/h5-10H,1-4H2;1H;1H3. The second-order valence-electron chi connectivity index (χ2n) is 2.24. The predicted molar refractivity (Wildman–Crippen MR) is 50.4 cm³/mol. The van der Waals surface area contributed by atoms with E-state index in [2.05, 4.69) is 9.78 Å². The topological polar surface area (TPSA) is 134 Å². The molecule has 0 fully saturated rings. The lowest BCUT2D eigenvalue weighted by Crippen LogP contribution is -2.23. The quantitative estimate of drug-likeness (QED) is 0.200. The molecule has 7 nitrogen and oxygen atoms in total. The van der Waals surface area contributed by atoms with E-state index in [-0.39, 0.29) is 31.8 Å². The molecule has 0 aliphatic carbocycles. The van der Waals surface area contributed by atoms with Crippen LogP contribution in [-0.4, -0.2) is 59.1 Å². The van der Waals surface area contributed by atoms with Crippen molar-refractivity contribution in [3.8, 4) is 0 Å². The lowest BCUT2D eigenvalue weighted by molar-refractivity contribution is -0.316. The van der Waals surface area contributed by atoms with Crippen molar-refractivity contribution in [1.29, 1.82) is 0 Å². The van der Waals surface area contributed by atoms with Crippen molar-refractivity contribution in [1.82, 2.24) is 6.15 Å². The van der Waals surface area contributed by atoms with Crippen LogP contribution in [0.2, 0.25) is 0 Å². The highest BCUT2D eigenvalue weighted by Gasteiger charge is 2.04. The summed E-state index contributed by atoms with van der Waals surface area (Å²) in [5.41, 5.74) is 0. The van der Waals surface area contributed by atoms with Crippen molar-refractivity contribution >= 4 is 12.4 Å². The third-order valence-electron chi connectivity index (χ3n) is 1.03. The number of aliphatic hydroxyl groups excluding tert-OH is 4. The van der Waals surface area contributed by atoms with Crippen LogP contribution >= 0.6 is 12.4 Å². The third-order valence-corrected chi connectivity index (χ3v) is 1.03. The molecule has 0 rings (SSSR count). The Kier molecular flexibility index (Phi) is 18.2. The molecule has 2 unspecified atom stereocenters. The maximum absolute atomic E-state index is 8.71. The third kappa shape index (κ3) is 12.0. The van der Waals surface area contributed by atoms with Gasteiger partial charge < -0.3 is 26.6 Å². The van der Waals surface area contributed by atoms with Gasteiger partial charge in [0, 0.05) is 0 Å². The van der Waals surface area contributed by atoms with E-state index < -0.39 is 25.4 Å². The average Bonchev–Trinajstić information content (AvgIpc) is 2.11. The van der Waals surface area contributed by atoms with Gasteiger partial charge in [-0.2, -0.15) is 0 Å².